The van der Waals surface area contributed by atoms with Crippen LogP contribution in [0.4, 0.5) is 0 Å². The monoisotopic (exact) mass is 606 g/mol. The summed E-state index contributed by atoms with van der Waals surface area (Å²) in [5, 5.41) is 10.6. The van der Waals surface area contributed by atoms with Crippen LogP contribution in [0.25, 0.3) is 0 Å². The molecule has 5 atom stereocenters. The number of aliphatic hydroxyl groups is 1. The van der Waals surface area contributed by atoms with E-state index in [9.17, 15) is 19.5 Å². The Morgan fingerprint density at radius 2 is 1.49 bits per heavy atom. The number of aliphatic hydroxyl groups excluding tert-OH is 1. The van der Waals surface area contributed by atoms with Crippen molar-refractivity contribution >= 4 is 17.9 Å². The van der Waals surface area contributed by atoms with Crippen molar-refractivity contribution in [1.29, 1.82) is 0 Å². The van der Waals surface area contributed by atoms with E-state index in [0.29, 0.717) is 44.9 Å². The molecule has 43 heavy (non-hydrogen) atoms. The van der Waals surface area contributed by atoms with Crippen molar-refractivity contribution in [3.8, 4) is 0 Å². The molecule has 0 aliphatic heterocycles. The standard InChI is InChI=1S/C36H62O7/c1-6-8-10-11-12-13-14-19-24-36(40)43-34-27-33(42-29(5)37)32(26-25-30(38)21-17-9-7-2)31(34)22-18-15-16-20-23-35(39)41-28(3)4/h6,15,18,28,30-34,38H,1,7-14,16-17,19-27H2,2-5H3/b18-15-/t30-,31+,32+,33+,34-/m0/s1. The topological polar surface area (TPSA) is 99.1 Å². The maximum absolute atomic E-state index is 12.9. The lowest BCUT2D eigenvalue weighted by molar-refractivity contribution is -0.152. The number of hydrogen-bond donors (Lipinski definition) is 1. The van der Waals surface area contributed by atoms with Crippen molar-refractivity contribution in [3.05, 3.63) is 24.8 Å². The van der Waals surface area contributed by atoms with Gasteiger partial charge in [-0.3, -0.25) is 14.4 Å². The molecular weight excluding hydrogens is 544 g/mol. The molecule has 1 rings (SSSR count). The van der Waals surface area contributed by atoms with Gasteiger partial charge in [0.05, 0.1) is 12.2 Å². The van der Waals surface area contributed by atoms with E-state index in [-0.39, 0.29) is 54.2 Å². The lowest BCUT2D eigenvalue weighted by Gasteiger charge is -2.26. The van der Waals surface area contributed by atoms with Gasteiger partial charge in [-0.25, -0.2) is 0 Å². The van der Waals surface area contributed by atoms with Crippen molar-refractivity contribution in [1.82, 2.24) is 0 Å². The minimum absolute atomic E-state index is 0.00292. The molecule has 7 heteroatoms. The van der Waals surface area contributed by atoms with Crippen LogP contribution in [0.5, 0.6) is 0 Å². The van der Waals surface area contributed by atoms with Gasteiger partial charge in [-0.1, -0.05) is 70.1 Å². The maximum Gasteiger partial charge on any atom is 0.306 e. The second kappa shape index (κ2) is 24.2. The first-order valence-corrected chi connectivity index (χ1v) is 17.2. The molecule has 1 aliphatic carbocycles. The van der Waals surface area contributed by atoms with Gasteiger partial charge in [0, 0.05) is 38.0 Å². The molecule has 1 N–H and O–H groups in total. The molecule has 0 heterocycles. The van der Waals surface area contributed by atoms with E-state index in [1.165, 1.54) is 26.2 Å². The van der Waals surface area contributed by atoms with Gasteiger partial charge in [0.1, 0.15) is 12.2 Å². The smallest absolute Gasteiger partial charge is 0.306 e. The Bertz CT molecular complexity index is 805. The van der Waals surface area contributed by atoms with Gasteiger partial charge in [-0.05, 0) is 71.6 Å². The first-order chi connectivity index (χ1) is 20.7. The van der Waals surface area contributed by atoms with Crippen LogP contribution in [-0.4, -0.2) is 47.4 Å². The van der Waals surface area contributed by atoms with E-state index in [2.05, 4.69) is 25.7 Å². The van der Waals surface area contributed by atoms with Crippen molar-refractivity contribution < 1.29 is 33.7 Å². The van der Waals surface area contributed by atoms with Crippen LogP contribution in [0, 0.1) is 11.8 Å². The van der Waals surface area contributed by atoms with Crippen LogP contribution in [0.2, 0.25) is 0 Å². The summed E-state index contributed by atoms with van der Waals surface area (Å²) in [6, 6.07) is 0. The average molecular weight is 607 g/mol. The summed E-state index contributed by atoms with van der Waals surface area (Å²) >= 11 is 0. The van der Waals surface area contributed by atoms with E-state index in [4.69, 9.17) is 14.2 Å². The molecular formula is C36H62O7. The van der Waals surface area contributed by atoms with Crippen LogP contribution >= 0.6 is 0 Å². The summed E-state index contributed by atoms with van der Waals surface area (Å²) < 4.78 is 17.0. The predicted octanol–water partition coefficient (Wildman–Crippen LogP) is 8.56. The van der Waals surface area contributed by atoms with Gasteiger partial charge >= 0.3 is 17.9 Å². The maximum atomic E-state index is 12.9. The van der Waals surface area contributed by atoms with Gasteiger partial charge in [0.25, 0.3) is 0 Å². The minimum Gasteiger partial charge on any atom is -0.463 e. The van der Waals surface area contributed by atoms with E-state index in [1.54, 1.807) is 0 Å². The Morgan fingerprint density at radius 1 is 0.814 bits per heavy atom. The number of hydrogen-bond acceptors (Lipinski definition) is 7. The highest BCUT2D eigenvalue weighted by atomic mass is 16.6. The highest BCUT2D eigenvalue weighted by molar-refractivity contribution is 5.70. The highest BCUT2D eigenvalue weighted by Crippen LogP contribution is 2.42. The molecule has 0 amide bonds. The van der Waals surface area contributed by atoms with Gasteiger partial charge in [0.2, 0.25) is 0 Å². The second-order valence-electron chi connectivity index (χ2n) is 12.6. The van der Waals surface area contributed by atoms with Crippen molar-refractivity contribution in [2.24, 2.45) is 11.8 Å². The number of rotatable bonds is 25. The third-order valence-electron chi connectivity index (χ3n) is 8.28. The average Bonchev–Trinajstić information content (AvgIpc) is 3.24. The highest BCUT2D eigenvalue weighted by Gasteiger charge is 2.46. The zero-order valence-corrected chi connectivity index (χ0v) is 27.7. The third-order valence-corrected chi connectivity index (χ3v) is 8.28. The van der Waals surface area contributed by atoms with Crippen LogP contribution in [0.15, 0.2) is 24.8 Å². The zero-order chi connectivity index (χ0) is 31.9. The largest absolute Gasteiger partial charge is 0.463 e. The Balaban J connectivity index is 2.79. The van der Waals surface area contributed by atoms with Crippen LogP contribution in [0.3, 0.4) is 0 Å². The molecule has 0 spiro atoms. The molecule has 0 bridgehead atoms. The SMILES string of the molecule is C=CCCCCCCCCC(=O)O[C@H]1C[C@@H](OC(C)=O)[C@H](CC[C@@H](O)CCCCC)[C@H]1C/C=C\CCCC(=O)OC(C)C. The lowest BCUT2D eigenvalue weighted by Crippen LogP contribution is -2.27. The molecule has 1 fully saturated rings. The van der Waals surface area contributed by atoms with Crippen LogP contribution in [-0.2, 0) is 28.6 Å². The molecule has 0 radical (unpaired) electrons. The number of ether oxygens (including phenoxy) is 3. The van der Waals surface area contributed by atoms with Gasteiger partial charge in [0.15, 0.2) is 0 Å². The minimum atomic E-state index is -0.385. The summed E-state index contributed by atoms with van der Waals surface area (Å²) in [5.74, 6) is -0.690. The number of esters is 3. The Kier molecular flexibility index (Phi) is 21.9. The summed E-state index contributed by atoms with van der Waals surface area (Å²) in [6.45, 7) is 11.0. The molecule has 0 aromatic heterocycles. The molecule has 0 aromatic carbocycles. The second-order valence-corrected chi connectivity index (χ2v) is 12.6. The zero-order valence-electron chi connectivity index (χ0n) is 27.7. The van der Waals surface area contributed by atoms with E-state index in [0.717, 1.165) is 57.8 Å². The Labute approximate surface area is 262 Å². The normalized spacial score (nSPS) is 20.8. The molecule has 0 unspecified atom stereocenters. The fourth-order valence-electron chi connectivity index (χ4n) is 6.05. The lowest BCUT2D eigenvalue weighted by atomic mass is 9.85. The molecule has 7 nitrogen and oxygen atoms in total. The Morgan fingerprint density at radius 3 is 2.16 bits per heavy atom. The van der Waals surface area contributed by atoms with Gasteiger partial charge in [-0.15, -0.1) is 6.58 Å². The van der Waals surface area contributed by atoms with E-state index in [1.807, 2.05) is 19.9 Å². The summed E-state index contributed by atoms with van der Waals surface area (Å²) in [6.07, 6.45) is 21.3. The fraction of sp³-hybridized carbons (Fsp3) is 0.806. The van der Waals surface area contributed by atoms with Crippen molar-refractivity contribution in [2.45, 2.75) is 174 Å². The molecule has 1 saturated carbocycles. The van der Waals surface area contributed by atoms with E-state index < -0.39 is 0 Å². The van der Waals surface area contributed by atoms with Gasteiger partial charge < -0.3 is 19.3 Å². The first-order valence-electron chi connectivity index (χ1n) is 17.2. The number of carbonyl (C=O) groups excluding carboxylic acids is 3. The number of allylic oxidation sites excluding steroid dienone is 3. The fourth-order valence-corrected chi connectivity index (χ4v) is 6.05. The quantitative estimate of drug-likeness (QED) is 0.0481. The van der Waals surface area contributed by atoms with Gasteiger partial charge in [-0.2, -0.15) is 0 Å². The number of unbranched alkanes of at least 4 members (excludes halogenated alkanes) is 9. The summed E-state index contributed by atoms with van der Waals surface area (Å²) in [5.41, 5.74) is 0. The molecule has 0 saturated heterocycles. The molecule has 1 aliphatic rings. The van der Waals surface area contributed by atoms with Crippen LogP contribution < -0.4 is 0 Å². The summed E-state index contributed by atoms with van der Waals surface area (Å²) in [4.78, 5) is 36.7. The first kappa shape index (κ1) is 38.9. The third kappa shape index (κ3) is 19.0. The predicted molar refractivity (Wildman–Crippen MR) is 172 cm³/mol. The summed E-state index contributed by atoms with van der Waals surface area (Å²) in [7, 11) is 0. The molecule has 248 valence electrons. The van der Waals surface area contributed by atoms with E-state index >= 15 is 0 Å². The Hall–Kier alpha value is -2.15. The van der Waals surface area contributed by atoms with Crippen LogP contribution in [0.1, 0.15) is 150 Å². The van der Waals surface area contributed by atoms with Crippen molar-refractivity contribution in [2.75, 3.05) is 0 Å². The van der Waals surface area contributed by atoms with Crippen molar-refractivity contribution in [3.63, 3.8) is 0 Å². The molecule has 0 aromatic rings. The number of carbonyl (C=O) groups is 3.